The second kappa shape index (κ2) is 17.1. The summed E-state index contributed by atoms with van der Waals surface area (Å²) >= 11 is 0. The van der Waals surface area contributed by atoms with Gasteiger partial charge in [0.05, 0.1) is 11.4 Å². The molecule has 0 fully saturated rings. The van der Waals surface area contributed by atoms with E-state index in [1.54, 1.807) is 0 Å². The van der Waals surface area contributed by atoms with Gasteiger partial charge >= 0.3 is 0 Å². The summed E-state index contributed by atoms with van der Waals surface area (Å²) in [7, 11) is 0. The molecule has 2 heteroatoms. The fraction of sp³-hybridized carbons (Fsp3) is 0.679. The zero-order valence-corrected chi connectivity index (χ0v) is 19.7. The summed E-state index contributed by atoms with van der Waals surface area (Å²) in [5, 5.41) is 0. The minimum absolute atomic E-state index is 1.02. The molecular weight excluding hydrogens is 364 g/mol. The molecule has 0 radical (unpaired) electrons. The van der Waals surface area contributed by atoms with Gasteiger partial charge in [0.25, 0.3) is 0 Å². The molecule has 30 heavy (non-hydrogen) atoms. The molecule has 2 rings (SSSR count). The lowest BCUT2D eigenvalue weighted by molar-refractivity contribution is 0.410. The smallest absolute Gasteiger partial charge is 0.0863 e. The van der Waals surface area contributed by atoms with Crippen molar-refractivity contribution < 1.29 is 0 Å². The highest BCUT2D eigenvalue weighted by Crippen LogP contribution is 2.21. The number of nitrogens with zero attached hydrogens (tertiary/aromatic N) is 2. The molecule has 0 aromatic carbocycles. The summed E-state index contributed by atoms with van der Waals surface area (Å²) in [4.78, 5) is 7.01. The van der Waals surface area contributed by atoms with Crippen LogP contribution in [0.2, 0.25) is 0 Å². The predicted molar refractivity (Wildman–Crippen MR) is 132 cm³/mol. The van der Waals surface area contributed by atoms with E-state index in [4.69, 9.17) is 0 Å². The van der Waals surface area contributed by atoms with Crippen LogP contribution in [0.5, 0.6) is 0 Å². The Kier molecular flexibility index (Phi) is 14.1. The maximum absolute atomic E-state index is 4.53. The molecular formula is C28H46N2. The second-order valence-electron chi connectivity index (χ2n) is 8.94. The summed E-state index contributed by atoms with van der Waals surface area (Å²) in [5.41, 5.74) is 2.37. The van der Waals surface area contributed by atoms with Gasteiger partial charge in [0.1, 0.15) is 0 Å². The Balaban J connectivity index is 1.39. The lowest BCUT2D eigenvalue weighted by Gasteiger charge is -2.28. The second-order valence-corrected chi connectivity index (χ2v) is 8.94. The summed E-state index contributed by atoms with van der Waals surface area (Å²) in [5.74, 6) is 0. The highest BCUT2D eigenvalue weighted by atomic mass is 15.1. The number of unbranched alkanes of at least 4 members (excludes halogenated alkanes) is 15. The van der Waals surface area contributed by atoms with E-state index in [9.17, 15) is 0 Å². The molecule has 2 heterocycles. The highest BCUT2D eigenvalue weighted by molar-refractivity contribution is 5.63. The molecule has 0 N–H and O–H groups in total. The van der Waals surface area contributed by atoms with Crippen molar-refractivity contribution in [1.82, 2.24) is 9.88 Å². The molecule has 0 unspecified atom stereocenters. The van der Waals surface area contributed by atoms with Gasteiger partial charge in [0.2, 0.25) is 0 Å². The Morgan fingerprint density at radius 1 is 0.733 bits per heavy atom. The predicted octanol–water partition coefficient (Wildman–Crippen LogP) is 8.56. The summed E-state index contributed by atoms with van der Waals surface area (Å²) < 4.78 is 0. The number of rotatable bonds is 18. The average Bonchev–Trinajstić information content (AvgIpc) is 2.79. The Labute approximate surface area is 186 Å². The fourth-order valence-electron chi connectivity index (χ4n) is 4.38. The molecule has 0 saturated carbocycles. The van der Waals surface area contributed by atoms with Gasteiger partial charge in [-0.1, -0.05) is 121 Å². The summed E-state index contributed by atoms with van der Waals surface area (Å²) in [6, 6.07) is 6.18. The minimum atomic E-state index is 1.02. The molecule has 1 aliphatic heterocycles. The topological polar surface area (TPSA) is 16.1 Å². The molecule has 1 aromatic heterocycles. The fourth-order valence-corrected chi connectivity index (χ4v) is 4.38. The van der Waals surface area contributed by atoms with Crippen molar-refractivity contribution in [3.05, 3.63) is 48.3 Å². The van der Waals surface area contributed by atoms with Crippen molar-refractivity contribution in [3.63, 3.8) is 0 Å². The molecule has 1 aliphatic rings. The van der Waals surface area contributed by atoms with E-state index in [0.29, 0.717) is 0 Å². The Morgan fingerprint density at radius 2 is 1.30 bits per heavy atom. The number of allylic oxidation sites excluding steroid dienone is 2. The van der Waals surface area contributed by atoms with E-state index >= 15 is 0 Å². The van der Waals surface area contributed by atoms with E-state index in [-0.39, 0.29) is 0 Å². The largest absolute Gasteiger partial charge is 0.366 e. The van der Waals surface area contributed by atoms with Crippen molar-refractivity contribution in [2.45, 2.75) is 110 Å². The van der Waals surface area contributed by atoms with Crippen LogP contribution in [0.3, 0.4) is 0 Å². The van der Waals surface area contributed by atoms with Crippen LogP contribution in [0.15, 0.2) is 42.6 Å². The van der Waals surface area contributed by atoms with E-state index in [1.165, 1.54) is 108 Å². The SMILES string of the molecule is CCCCCCCCCCCCCCCCCCN1CC=CC=C1c1ccccn1. The molecule has 0 saturated heterocycles. The highest BCUT2D eigenvalue weighted by Gasteiger charge is 2.13. The van der Waals surface area contributed by atoms with Crippen LogP contribution >= 0.6 is 0 Å². The van der Waals surface area contributed by atoms with Gasteiger partial charge in [-0.25, -0.2) is 0 Å². The van der Waals surface area contributed by atoms with Crippen LogP contribution in [-0.4, -0.2) is 23.0 Å². The van der Waals surface area contributed by atoms with Crippen molar-refractivity contribution in [2.75, 3.05) is 13.1 Å². The van der Waals surface area contributed by atoms with Crippen molar-refractivity contribution in [3.8, 4) is 0 Å². The van der Waals surface area contributed by atoms with Gasteiger partial charge in [0.15, 0.2) is 0 Å². The van der Waals surface area contributed by atoms with Gasteiger partial charge in [0, 0.05) is 19.3 Å². The Bertz CT molecular complexity index is 576. The maximum Gasteiger partial charge on any atom is 0.0863 e. The van der Waals surface area contributed by atoms with Crippen molar-refractivity contribution in [1.29, 1.82) is 0 Å². The molecule has 0 atom stereocenters. The first kappa shape index (κ1) is 24.7. The molecule has 0 spiro atoms. The van der Waals surface area contributed by atoms with Crippen molar-refractivity contribution >= 4 is 5.70 Å². The van der Waals surface area contributed by atoms with Crippen LogP contribution in [0, 0.1) is 0 Å². The molecule has 2 nitrogen and oxygen atoms in total. The van der Waals surface area contributed by atoms with Crippen LogP contribution < -0.4 is 0 Å². The van der Waals surface area contributed by atoms with Crippen molar-refractivity contribution in [2.24, 2.45) is 0 Å². The quantitative estimate of drug-likeness (QED) is 0.225. The van der Waals surface area contributed by atoms with E-state index in [1.807, 2.05) is 12.3 Å². The number of hydrogen-bond acceptors (Lipinski definition) is 2. The molecule has 0 aliphatic carbocycles. The van der Waals surface area contributed by atoms with Crippen LogP contribution in [-0.2, 0) is 0 Å². The zero-order chi connectivity index (χ0) is 21.1. The average molecular weight is 411 g/mol. The molecule has 1 aromatic rings. The van der Waals surface area contributed by atoms with Crippen LogP contribution in [0.1, 0.15) is 115 Å². The lowest BCUT2D eigenvalue weighted by Crippen LogP contribution is -2.25. The number of aromatic nitrogens is 1. The number of pyridine rings is 1. The van der Waals surface area contributed by atoms with Gasteiger partial charge in [-0.3, -0.25) is 4.98 Å². The lowest BCUT2D eigenvalue weighted by atomic mass is 10.0. The zero-order valence-electron chi connectivity index (χ0n) is 19.7. The van der Waals surface area contributed by atoms with E-state index in [2.05, 4.69) is 47.2 Å². The van der Waals surface area contributed by atoms with Gasteiger partial charge in [-0.15, -0.1) is 0 Å². The van der Waals surface area contributed by atoms with Crippen LogP contribution in [0.25, 0.3) is 5.70 Å². The van der Waals surface area contributed by atoms with E-state index in [0.717, 1.165) is 18.8 Å². The first-order valence-corrected chi connectivity index (χ1v) is 12.9. The normalized spacial score (nSPS) is 13.6. The van der Waals surface area contributed by atoms with Crippen LogP contribution in [0.4, 0.5) is 0 Å². The first-order chi connectivity index (χ1) is 14.9. The molecule has 0 amide bonds. The summed E-state index contributed by atoms with van der Waals surface area (Å²) in [6.07, 6.45) is 31.3. The number of hydrogen-bond donors (Lipinski definition) is 0. The van der Waals surface area contributed by atoms with Gasteiger partial charge < -0.3 is 4.90 Å². The van der Waals surface area contributed by atoms with Gasteiger partial charge in [-0.05, 0) is 24.6 Å². The first-order valence-electron chi connectivity index (χ1n) is 12.9. The Morgan fingerprint density at radius 3 is 1.83 bits per heavy atom. The van der Waals surface area contributed by atoms with Gasteiger partial charge in [-0.2, -0.15) is 0 Å². The third-order valence-electron chi connectivity index (χ3n) is 6.27. The minimum Gasteiger partial charge on any atom is -0.366 e. The standard InChI is InChI=1S/C28H46N2/c1-2-3-4-5-6-7-8-9-10-11-12-13-14-15-16-20-25-30-26-21-18-23-28(30)27-22-17-19-24-29-27/h17-19,21-24H,2-16,20,25-26H2,1H3. The third-order valence-corrected chi connectivity index (χ3v) is 6.27. The maximum atomic E-state index is 4.53. The molecule has 0 bridgehead atoms. The third kappa shape index (κ3) is 11.0. The monoisotopic (exact) mass is 410 g/mol. The summed E-state index contributed by atoms with van der Waals surface area (Å²) in [6.45, 7) is 4.46. The Hall–Kier alpha value is -1.57. The van der Waals surface area contributed by atoms with E-state index < -0.39 is 0 Å². The molecule has 168 valence electrons.